The molecule has 27 heavy (non-hydrogen) atoms. The van der Waals surface area contributed by atoms with Gasteiger partial charge in [0.2, 0.25) is 0 Å². The minimum absolute atomic E-state index is 0.0459. The number of nitrogens with zero attached hydrogens (tertiary/aromatic N) is 4. The van der Waals surface area contributed by atoms with Crippen LogP contribution in [0.5, 0.6) is 0 Å². The lowest BCUT2D eigenvalue weighted by molar-refractivity contribution is -0.385. The van der Waals surface area contributed by atoms with Gasteiger partial charge in [-0.1, -0.05) is 34.6 Å². The van der Waals surface area contributed by atoms with Crippen LogP contribution in [0.3, 0.4) is 0 Å². The maximum absolute atomic E-state index is 10.8. The lowest BCUT2D eigenvalue weighted by Crippen LogP contribution is -2.01. The second-order valence-electron chi connectivity index (χ2n) is 5.34. The van der Waals surface area contributed by atoms with Crippen molar-refractivity contribution < 1.29 is 19.5 Å². The van der Waals surface area contributed by atoms with Gasteiger partial charge in [-0.15, -0.1) is 0 Å². The molecular weight excluding hydrogens is 356 g/mol. The molecule has 0 bridgehead atoms. The SMILES string of the molecule is CC(=NOCON=C(C)c1cccc([N+](=O)[O-])c1)c1cccc([N+](=O)[O-])c1. The normalized spacial score (nSPS) is 11.8. The highest BCUT2D eigenvalue weighted by atomic mass is 16.8. The molecule has 0 aliphatic heterocycles. The van der Waals surface area contributed by atoms with Crippen molar-refractivity contribution in [2.24, 2.45) is 10.3 Å². The highest BCUT2D eigenvalue weighted by Crippen LogP contribution is 2.15. The van der Waals surface area contributed by atoms with Gasteiger partial charge in [-0.25, -0.2) is 0 Å². The van der Waals surface area contributed by atoms with Crippen molar-refractivity contribution in [2.45, 2.75) is 13.8 Å². The first-order valence-electron chi connectivity index (χ1n) is 7.71. The summed E-state index contributed by atoms with van der Waals surface area (Å²) in [5.74, 6) is 0. The van der Waals surface area contributed by atoms with Gasteiger partial charge in [-0.3, -0.25) is 20.2 Å². The fraction of sp³-hybridized carbons (Fsp3) is 0.176. The minimum atomic E-state index is -0.494. The summed E-state index contributed by atoms with van der Waals surface area (Å²) in [5.41, 5.74) is 1.86. The molecule has 0 saturated heterocycles. The zero-order valence-electron chi connectivity index (χ0n) is 14.6. The van der Waals surface area contributed by atoms with Gasteiger partial charge in [0, 0.05) is 35.4 Å². The van der Waals surface area contributed by atoms with Gasteiger partial charge < -0.3 is 9.68 Å². The van der Waals surface area contributed by atoms with Crippen molar-refractivity contribution in [1.82, 2.24) is 0 Å². The van der Waals surface area contributed by atoms with Crippen LogP contribution in [0.15, 0.2) is 58.8 Å². The maximum atomic E-state index is 10.8. The van der Waals surface area contributed by atoms with E-state index in [0.717, 1.165) is 0 Å². The molecule has 0 heterocycles. The van der Waals surface area contributed by atoms with Crippen molar-refractivity contribution in [3.05, 3.63) is 79.9 Å². The average Bonchev–Trinajstić information content (AvgIpc) is 2.67. The summed E-state index contributed by atoms with van der Waals surface area (Å²) in [7, 11) is 0. The van der Waals surface area contributed by atoms with Crippen LogP contribution in [0.1, 0.15) is 25.0 Å². The molecule has 0 unspecified atom stereocenters. The van der Waals surface area contributed by atoms with Crippen LogP contribution < -0.4 is 0 Å². The second kappa shape index (κ2) is 9.04. The Bertz CT molecular complexity index is 836. The van der Waals surface area contributed by atoms with Crippen molar-refractivity contribution in [2.75, 3.05) is 6.79 Å². The predicted molar refractivity (Wildman–Crippen MR) is 97.7 cm³/mol. The Kier molecular flexibility index (Phi) is 6.53. The van der Waals surface area contributed by atoms with E-state index in [-0.39, 0.29) is 18.2 Å². The number of nitro groups is 2. The first-order valence-corrected chi connectivity index (χ1v) is 7.71. The Labute approximate surface area is 154 Å². The highest BCUT2D eigenvalue weighted by molar-refractivity contribution is 5.99. The van der Waals surface area contributed by atoms with Crippen LogP contribution in [0.4, 0.5) is 11.4 Å². The molecule has 0 amide bonds. The van der Waals surface area contributed by atoms with E-state index in [4.69, 9.17) is 9.68 Å². The Morgan fingerprint density at radius 1 is 0.852 bits per heavy atom. The van der Waals surface area contributed by atoms with E-state index in [1.54, 1.807) is 38.1 Å². The number of benzene rings is 2. The first kappa shape index (κ1) is 19.5. The summed E-state index contributed by atoms with van der Waals surface area (Å²) in [6.07, 6.45) is 0. The van der Waals surface area contributed by atoms with Gasteiger partial charge >= 0.3 is 0 Å². The lowest BCUT2D eigenvalue weighted by Gasteiger charge is -2.03. The molecule has 0 aliphatic rings. The van der Waals surface area contributed by atoms with Crippen LogP contribution in [-0.2, 0) is 9.68 Å². The Balaban J connectivity index is 1.92. The Morgan fingerprint density at radius 2 is 1.26 bits per heavy atom. The quantitative estimate of drug-likeness (QED) is 0.229. The van der Waals surface area contributed by atoms with Crippen LogP contribution in [0.2, 0.25) is 0 Å². The Hall–Kier alpha value is -3.82. The van der Waals surface area contributed by atoms with Crippen LogP contribution in [0.25, 0.3) is 0 Å². The number of non-ortho nitro benzene ring substituents is 2. The van der Waals surface area contributed by atoms with Gasteiger partial charge in [0.1, 0.15) is 0 Å². The summed E-state index contributed by atoms with van der Waals surface area (Å²) in [6.45, 7) is 2.98. The van der Waals surface area contributed by atoms with Crippen molar-refractivity contribution in [3.63, 3.8) is 0 Å². The lowest BCUT2D eigenvalue weighted by atomic mass is 10.1. The van der Waals surface area contributed by atoms with Crippen LogP contribution in [-0.4, -0.2) is 28.1 Å². The fourth-order valence-electron chi connectivity index (χ4n) is 2.06. The molecule has 0 atom stereocenters. The summed E-state index contributed by atoms with van der Waals surface area (Å²) < 4.78 is 0. The zero-order chi connectivity index (χ0) is 19.8. The van der Waals surface area contributed by atoms with E-state index < -0.39 is 9.85 Å². The van der Waals surface area contributed by atoms with E-state index in [2.05, 4.69) is 10.3 Å². The fourth-order valence-corrected chi connectivity index (χ4v) is 2.06. The van der Waals surface area contributed by atoms with Crippen molar-refractivity contribution >= 4 is 22.8 Å². The van der Waals surface area contributed by atoms with Gasteiger partial charge in [0.25, 0.3) is 18.2 Å². The van der Waals surface area contributed by atoms with Gasteiger partial charge in [-0.05, 0) is 13.8 Å². The second-order valence-corrected chi connectivity index (χ2v) is 5.34. The Morgan fingerprint density at radius 3 is 1.63 bits per heavy atom. The van der Waals surface area contributed by atoms with E-state index >= 15 is 0 Å². The molecule has 0 spiro atoms. The molecule has 0 fully saturated rings. The predicted octanol–water partition coefficient (Wildman–Crippen LogP) is 3.64. The van der Waals surface area contributed by atoms with Gasteiger partial charge in [0.15, 0.2) is 0 Å². The maximum Gasteiger partial charge on any atom is 0.280 e. The number of hydrogen-bond acceptors (Lipinski definition) is 8. The third kappa shape index (κ3) is 5.59. The largest absolute Gasteiger partial charge is 0.352 e. The molecule has 0 saturated carbocycles. The summed E-state index contributed by atoms with van der Waals surface area (Å²) >= 11 is 0. The van der Waals surface area contributed by atoms with Gasteiger partial charge in [0.05, 0.1) is 21.3 Å². The van der Waals surface area contributed by atoms with Crippen LogP contribution in [0, 0.1) is 20.2 Å². The topological polar surface area (TPSA) is 129 Å². The molecule has 10 heteroatoms. The number of oxime groups is 2. The third-order valence-electron chi connectivity index (χ3n) is 3.46. The summed E-state index contributed by atoms with van der Waals surface area (Å²) in [5, 5.41) is 29.2. The van der Waals surface area contributed by atoms with Crippen molar-refractivity contribution in [3.8, 4) is 0 Å². The molecule has 2 aromatic carbocycles. The molecule has 10 nitrogen and oxygen atoms in total. The monoisotopic (exact) mass is 372 g/mol. The highest BCUT2D eigenvalue weighted by Gasteiger charge is 2.08. The number of hydrogen-bond donors (Lipinski definition) is 0. The standard InChI is InChI=1S/C17H16N4O6/c1-12(14-5-3-7-16(9-14)20(22)23)18-26-11-27-19-13(2)15-6-4-8-17(10-15)21(24)25/h3-10H,11H2,1-2H3. The van der Waals surface area contributed by atoms with E-state index in [1.165, 1.54) is 24.3 Å². The van der Waals surface area contributed by atoms with Crippen LogP contribution >= 0.6 is 0 Å². The molecule has 0 N–H and O–H groups in total. The number of rotatable bonds is 8. The molecule has 140 valence electrons. The molecule has 2 aromatic rings. The summed E-state index contributed by atoms with van der Waals surface area (Å²) in [6, 6.07) is 12.0. The molecular formula is C17H16N4O6. The first-order chi connectivity index (χ1) is 12.9. The third-order valence-corrected chi connectivity index (χ3v) is 3.46. The van der Waals surface area contributed by atoms with E-state index in [0.29, 0.717) is 22.6 Å². The molecule has 0 radical (unpaired) electrons. The number of nitro benzene ring substituents is 2. The van der Waals surface area contributed by atoms with Gasteiger partial charge in [-0.2, -0.15) is 0 Å². The zero-order valence-corrected chi connectivity index (χ0v) is 14.6. The van der Waals surface area contributed by atoms with Crippen molar-refractivity contribution in [1.29, 1.82) is 0 Å². The molecule has 0 aliphatic carbocycles. The average molecular weight is 372 g/mol. The molecule has 2 rings (SSSR count). The minimum Gasteiger partial charge on any atom is -0.352 e. The molecule has 0 aromatic heterocycles. The summed E-state index contributed by atoms with van der Waals surface area (Å²) in [4.78, 5) is 30.5. The van der Waals surface area contributed by atoms with E-state index in [1.807, 2.05) is 0 Å². The smallest absolute Gasteiger partial charge is 0.280 e. The van der Waals surface area contributed by atoms with E-state index in [9.17, 15) is 20.2 Å².